The molecule has 0 aliphatic carbocycles. The first-order valence-corrected chi connectivity index (χ1v) is 9.11. The molecule has 1 aromatic rings. The van der Waals surface area contributed by atoms with Crippen LogP contribution in [0.25, 0.3) is 6.08 Å². The van der Waals surface area contributed by atoms with E-state index in [1.165, 1.54) is 5.56 Å². The first-order chi connectivity index (χ1) is 9.22. The zero-order valence-corrected chi connectivity index (χ0v) is 13.5. The molecule has 0 aliphatic heterocycles. The zero-order valence-electron chi connectivity index (χ0n) is 12.4. The maximum absolute atomic E-state index is 6.19. The minimum Gasteiger partial charge on any atom is -0.413 e. The van der Waals surface area contributed by atoms with Crippen LogP contribution in [0.2, 0.25) is 6.04 Å². The van der Waals surface area contributed by atoms with Gasteiger partial charge in [-0.1, -0.05) is 50.3 Å². The van der Waals surface area contributed by atoms with E-state index >= 15 is 0 Å². The Morgan fingerprint density at radius 3 is 2.68 bits per heavy atom. The van der Waals surface area contributed by atoms with Crippen molar-refractivity contribution < 1.29 is 9.16 Å². The average Bonchev–Trinajstić information content (AvgIpc) is 2.44. The Kier molecular flexibility index (Phi) is 7.71. The first-order valence-electron chi connectivity index (χ1n) is 7.16. The van der Waals surface area contributed by atoms with Crippen molar-refractivity contribution in [1.82, 2.24) is 0 Å². The highest BCUT2D eigenvalue weighted by Gasteiger charge is 2.20. The molecular formula is C16H26O2Si. The summed E-state index contributed by atoms with van der Waals surface area (Å²) in [5, 5.41) is 0. The minimum absolute atomic E-state index is 0.279. The number of hydrogen-bond donors (Lipinski definition) is 0. The largest absolute Gasteiger partial charge is 0.413 e. The fourth-order valence-corrected chi connectivity index (χ4v) is 4.45. The van der Waals surface area contributed by atoms with E-state index in [1.807, 2.05) is 25.1 Å². The summed E-state index contributed by atoms with van der Waals surface area (Å²) in [7, 11) is -1.30. The Morgan fingerprint density at radius 1 is 1.32 bits per heavy atom. The fourth-order valence-electron chi connectivity index (χ4n) is 2.17. The van der Waals surface area contributed by atoms with Crippen LogP contribution in [0, 0.1) is 0 Å². The third-order valence-corrected chi connectivity index (χ3v) is 6.24. The molecule has 0 saturated heterocycles. The molecule has 0 saturated carbocycles. The molecule has 0 fully saturated rings. The Labute approximate surface area is 119 Å². The van der Waals surface area contributed by atoms with Crippen LogP contribution in [0.3, 0.4) is 0 Å². The second kappa shape index (κ2) is 9.07. The molecule has 2 nitrogen and oxygen atoms in total. The van der Waals surface area contributed by atoms with Gasteiger partial charge in [-0.2, -0.15) is 0 Å². The number of ether oxygens (including phenoxy) is 1. The summed E-state index contributed by atoms with van der Waals surface area (Å²) in [6.45, 7) is 11.7. The van der Waals surface area contributed by atoms with Crippen LogP contribution < -0.4 is 0 Å². The normalized spacial score (nSPS) is 14.1. The van der Waals surface area contributed by atoms with Crippen LogP contribution in [0.15, 0.2) is 30.8 Å². The molecule has 0 amide bonds. The molecule has 3 heteroatoms. The summed E-state index contributed by atoms with van der Waals surface area (Å²) in [6.07, 6.45) is 3.05. The van der Waals surface area contributed by atoms with Gasteiger partial charge in [0, 0.05) is 6.61 Å². The number of rotatable bonds is 9. The fraction of sp³-hybridized carbons (Fsp3) is 0.500. The molecule has 0 radical (unpaired) electrons. The van der Waals surface area contributed by atoms with Gasteiger partial charge in [-0.05, 0) is 31.0 Å². The maximum Gasteiger partial charge on any atom is 0.205 e. The molecule has 2 atom stereocenters. The topological polar surface area (TPSA) is 18.5 Å². The van der Waals surface area contributed by atoms with E-state index in [-0.39, 0.29) is 5.73 Å². The Bertz CT molecular complexity index is 379. The number of benzene rings is 1. The van der Waals surface area contributed by atoms with Gasteiger partial charge in [0.1, 0.15) is 0 Å². The third-order valence-electron chi connectivity index (χ3n) is 3.25. The van der Waals surface area contributed by atoms with Crippen molar-refractivity contribution in [1.29, 1.82) is 0 Å². The van der Waals surface area contributed by atoms with Crippen LogP contribution in [0.4, 0.5) is 0 Å². The molecule has 2 unspecified atom stereocenters. The Hall–Kier alpha value is -0.903. The van der Waals surface area contributed by atoms with Gasteiger partial charge in [0.05, 0.1) is 12.3 Å². The Balaban J connectivity index is 2.62. The molecule has 106 valence electrons. The van der Waals surface area contributed by atoms with Crippen LogP contribution >= 0.6 is 0 Å². The molecule has 0 heterocycles. The third kappa shape index (κ3) is 5.31. The van der Waals surface area contributed by atoms with Gasteiger partial charge in [0.15, 0.2) is 0 Å². The molecular weight excluding hydrogens is 252 g/mol. The molecule has 0 spiro atoms. The van der Waals surface area contributed by atoms with Gasteiger partial charge in [0.25, 0.3) is 0 Å². The van der Waals surface area contributed by atoms with E-state index in [4.69, 9.17) is 9.16 Å². The minimum atomic E-state index is -1.30. The smallest absolute Gasteiger partial charge is 0.205 e. The highest BCUT2D eigenvalue weighted by molar-refractivity contribution is 6.53. The maximum atomic E-state index is 6.19. The number of hydrogen-bond acceptors (Lipinski definition) is 2. The summed E-state index contributed by atoms with van der Waals surface area (Å²) >= 11 is 0. The molecule has 1 rings (SSSR count). The first kappa shape index (κ1) is 16.2. The van der Waals surface area contributed by atoms with Crippen molar-refractivity contribution in [2.24, 2.45) is 0 Å². The van der Waals surface area contributed by atoms with E-state index in [0.29, 0.717) is 6.61 Å². The van der Waals surface area contributed by atoms with Gasteiger partial charge < -0.3 is 9.16 Å². The molecule has 19 heavy (non-hydrogen) atoms. The summed E-state index contributed by atoms with van der Waals surface area (Å²) < 4.78 is 11.9. The highest BCUT2D eigenvalue weighted by Crippen LogP contribution is 2.15. The molecule has 0 N–H and O–H groups in total. The van der Waals surface area contributed by atoms with E-state index in [1.54, 1.807) is 0 Å². The molecule has 0 aromatic heterocycles. The quantitative estimate of drug-likeness (QED) is 0.637. The van der Waals surface area contributed by atoms with Crippen molar-refractivity contribution in [3.8, 4) is 0 Å². The molecule has 0 aliphatic rings. The lowest BCUT2D eigenvalue weighted by Gasteiger charge is -2.22. The lowest BCUT2D eigenvalue weighted by atomic mass is 10.1. The van der Waals surface area contributed by atoms with Crippen molar-refractivity contribution in [2.45, 2.75) is 45.6 Å². The zero-order chi connectivity index (χ0) is 14.1. The summed E-state index contributed by atoms with van der Waals surface area (Å²) in [6, 6.07) is 9.43. The van der Waals surface area contributed by atoms with Crippen LogP contribution in [0.1, 0.15) is 38.3 Å². The van der Waals surface area contributed by atoms with E-state index < -0.39 is 9.04 Å². The van der Waals surface area contributed by atoms with Gasteiger partial charge in [-0.25, -0.2) is 0 Å². The van der Waals surface area contributed by atoms with Gasteiger partial charge >= 0.3 is 0 Å². The highest BCUT2D eigenvalue weighted by atomic mass is 28.3. The van der Waals surface area contributed by atoms with E-state index in [2.05, 4.69) is 32.6 Å². The average molecular weight is 278 g/mol. The lowest BCUT2D eigenvalue weighted by Crippen LogP contribution is -2.34. The van der Waals surface area contributed by atoms with Crippen molar-refractivity contribution in [3.05, 3.63) is 42.0 Å². The lowest BCUT2D eigenvalue weighted by molar-refractivity contribution is 0.107. The van der Waals surface area contributed by atoms with Crippen molar-refractivity contribution in [2.75, 3.05) is 6.61 Å². The van der Waals surface area contributed by atoms with E-state index in [9.17, 15) is 0 Å². The van der Waals surface area contributed by atoms with Crippen LogP contribution in [-0.4, -0.2) is 21.4 Å². The van der Waals surface area contributed by atoms with Gasteiger partial charge in [0.2, 0.25) is 9.04 Å². The van der Waals surface area contributed by atoms with Crippen molar-refractivity contribution >= 4 is 15.1 Å². The summed E-state index contributed by atoms with van der Waals surface area (Å²) in [5.74, 6) is 0. The van der Waals surface area contributed by atoms with Crippen LogP contribution in [0.5, 0.6) is 0 Å². The van der Waals surface area contributed by atoms with Crippen molar-refractivity contribution in [3.63, 3.8) is 0 Å². The Morgan fingerprint density at radius 2 is 2.05 bits per heavy atom. The standard InChI is InChI=1S/C16H26O2Si/c1-5-12-19(14(4)17-7-3)18-13-16-11-9-8-10-15(16)6-2/h6,8-11,14,19H,2,5,7,12-13H2,1,3-4H3. The SMILES string of the molecule is C=Cc1ccccc1CO[SiH](CCC)C(C)OCC. The second-order valence-corrected chi connectivity index (χ2v) is 7.63. The summed E-state index contributed by atoms with van der Waals surface area (Å²) in [4.78, 5) is 0. The van der Waals surface area contributed by atoms with Crippen LogP contribution in [-0.2, 0) is 15.8 Å². The predicted octanol–water partition coefficient (Wildman–Crippen LogP) is 3.94. The van der Waals surface area contributed by atoms with E-state index in [0.717, 1.165) is 24.6 Å². The monoisotopic (exact) mass is 278 g/mol. The predicted molar refractivity (Wildman–Crippen MR) is 84.7 cm³/mol. The molecule has 0 bridgehead atoms. The van der Waals surface area contributed by atoms with Gasteiger partial charge in [-0.15, -0.1) is 0 Å². The van der Waals surface area contributed by atoms with Gasteiger partial charge in [-0.3, -0.25) is 0 Å². The second-order valence-electron chi connectivity index (χ2n) is 4.70. The summed E-state index contributed by atoms with van der Waals surface area (Å²) in [5.41, 5.74) is 2.66. The molecule has 1 aromatic carbocycles.